The van der Waals surface area contributed by atoms with Crippen LogP contribution in [0, 0.1) is 5.92 Å². The average Bonchev–Trinajstić information content (AvgIpc) is 2.58. The highest BCUT2D eigenvalue weighted by atomic mass is 16.1. The van der Waals surface area contributed by atoms with Gasteiger partial charge in [0.05, 0.1) is 5.56 Å². The summed E-state index contributed by atoms with van der Waals surface area (Å²) >= 11 is 0. The highest BCUT2D eigenvalue weighted by Gasteiger charge is 2.25. The van der Waals surface area contributed by atoms with Gasteiger partial charge in [0.25, 0.3) is 5.91 Å². The maximum Gasteiger partial charge on any atom is 0.255 e. The molecule has 1 amide bonds. The van der Waals surface area contributed by atoms with Crippen LogP contribution in [0.2, 0.25) is 0 Å². The Labute approximate surface area is 132 Å². The first-order chi connectivity index (χ1) is 10.8. The number of nitrogens with zero attached hydrogens (tertiary/aromatic N) is 2. The third-order valence-corrected chi connectivity index (χ3v) is 4.79. The summed E-state index contributed by atoms with van der Waals surface area (Å²) < 4.78 is 0. The average molecular weight is 302 g/mol. The molecule has 5 nitrogen and oxygen atoms in total. The van der Waals surface area contributed by atoms with E-state index in [1.54, 1.807) is 6.20 Å². The van der Waals surface area contributed by atoms with Gasteiger partial charge in [-0.2, -0.15) is 0 Å². The van der Waals surface area contributed by atoms with Crippen LogP contribution in [-0.2, 0) is 0 Å². The zero-order valence-corrected chi connectivity index (χ0v) is 13.3. The maximum atomic E-state index is 12.7. The summed E-state index contributed by atoms with van der Waals surface area (Å²) in [7, 11) is 0. The maximum absolute atomic E-state index is 12.7. The summed E-state index contributed by atoms with van der Waals surface area (Å²) in [5, 5.41) is 6.59. The molecule has 2 aliphatic rings. The van der Waals surface area contributed by atoms with E-state index < -0.39 is 0 Å². The summed E-state index contributed by atoms with van der Waals surface area (Å²) in [6.07, 6.45) is 6.42. The molecule has 2 unspecified atom stereocenters. The molecule has 22 heavy (non-hydrogen) atoms. The van der Waals surface area contributed by atoms with E-state index in [1.807, 2.05) is 12.1 Å². The molecule has 2 N–H and O–H groups in total. The number of piperidine rings is 2. The summed E-state index contributed by atoms with van der Waals surface area (Å²) in [4.78, 5) is 19.5. The van der Waals surface area contributed by atoms with Crippen molar-refractivity contribution in [2.24, 2.45) is 5.92 Å². The quantitative estimate of drug-likeness (QED) is 0.894. The van der Waals surface area contributed by atoms with Crippen LogP contribution in [0.3, 0.4) is 0 Å². The molecule has 5 heteroatoms. The molecule has 0 spiro atoms. The van der Waals surface area contributed by atoms with Crippen LogP contribution in [0.15, 0.2) is 18.3 Å². The van der Waals surface area contributed by atoms with E-state index in [-0.39, 0.29) is 11.9 Å². The third-order valence-electron chi connectivity index (χ3n) is 4.79. The molecule has 3 heterocycles. The molecule has 0 saturated carbocycles. The molecule has 2 fully saturated rings. The fourth-order valence-electron chi connectivity index (χ4n) is 3.41. The van der Waals surface area contributed by atoms with Crippen LogP contribution >= 0.6 is 0 Å². The minimum atomic E-state index is 0.0208. The van der Waals surface area contributed by atoms with E-state index in [0.29, 0.717) is 5.92 Å². The Balaban J connectivity index is 1.74. The van der Waals surface area contributed by atoms with Crippen molar-refractivity contribution in [3.05, 3.63) is 23.9 Å². The molecule has 0 aliphatic carbocycles. The summed E-state index contributed by atoms with van der Waals surface area (Å²) in [5.41, 5.74) is 0.718. The Morgan fingerprint density at radius 1 is 1.36 bits per heavy atom. The Bertz CT molecular complexity index is 513. The molecule has 0 bridgehead atoms. The zero-order valence-electron chi connectivity index (χ0n) is 13.3. The van der Waals surface area contributed by atoms with E-state index in [1.165, 1.54) is 19.3 Å². The van der Waals surface area contributed by atoms with Crippen molar-refractivity contribution >= 4 is 11.7 Å². The molecular weight excluding hydrogens is 276 g/mol. The predicted octanol–water partition coefficient (Wildman–Crippen LogP) is 1.80. The van der Waals surface area contributed by atoms with Crippen molar-refractivity contribution in [3.8, 4) is 0 Å². The van der Waals surface area contributed by atoms with E-state index in [0.717, 1.165) is 44.0 Å². The number of aromatic nitrogens is 1. The van der Waals surface area contributed by atoms with Crippen LogP contribution in [-0.4, -0.2) is 43.1 Å². The van der Waals surface area contributed by atoms with Gasteiger partial charge in [-0.3, -0.25) is 4.79 Å². The summed E-state index contributed by atoms with van der Waals surface area (Å²) in [6, 6.07) is 4.01. The fraction of sp³-hybridized carbons (Fsp3) is 0.647. The first kappa shape index (κ1) is 15.3. The van der Waals surface area contributed by atoms with Gasteiger partial charge in [0, 0.05) is 25.3 Å². The van der Waals surface area contributed by atoms with Crippen molar-refractivity contribution in [1.29, 1.82) is 0 Å². The van der Waals surface area contributed by atoms with Crippen LogP contribution < -0.4 is 15.5 Å². The van der Waals surface area contributed by atoms with E-state index in [2.05, 4.69) is 27.4 Å². The second-order valence-corrected chi connectivity index (χ2v) is 6.47. The van der Waals surface area contributed by atoms with E-state index >= 15 is 0 Å². The van der Waals surface area contributed by atoms with E-state index in [9.17, 15) is 4.79 Å². The zero-order chi connectivity index (χ0) is 15.4. The molecule has 120 valence electrons. The number of hydrogen-bond acceptors (Lipinski definition) is 4. The molecular formula is C17H26N4O. The number of anilines is 1. The Kier molecular flexibility index (Phi) is 4.93. The van der Waals surface area contributed by atoms with Crippen LogP contribution in [0.5, 0.6) is 0 Å². The van der Waals surface area contributed by atoms with Gasteiger partial charge in [-0.25, -0.2) is 4.98 Å². The summed E-state index contributed by atoms with van der Waals surface area (Å²) in [6.45, 7) is 6.13. The standard InChI is InChI=1S/C17H26N4O/c1-13-12-18-9-7-15(13)20-17(22)14-6-5-8-19-16(14)21-10-3-2-4-11-21/h5-6,8,13,15,18H,2-4,7,9-12H2,1H3,(H,20,22). The minimum absolute atomic E-state index is 0.0208. The third kappa shape index (κ3) is 3.40. The number of hydrogen-bond donors (Lipinski definition) is 2. The molecule has 0 aromatic carbocycles. The monoisotopic (exact) mass is 302 g/mol. The molecule has 3 rings (SSSR count). The van der Waals surface area contributed by atoms with Crippen LogP contribution in [0.1, 0.15) is 43.0 Å². The highest BCUT2D eigenvalue weighted by molar-refractivity contribution is 5.99. The Morgan fingerprint density at radius 2 is 2.18 bits per heavy atom. The number of nitrogens with one attached hydrogen (secondary N) is 2. The lowest BCUT2D eigenvalue weighted by Crippen LogP contribution is -2.48. The highest BCUT2D eigenvalue weighted by Crippen LogP contribution is 2.22. The largest absolute Gasteiger partial charge is 0.356 e. The van der Waals surface area contributed by atoms with Crippen LogP contribution in [0.4, 0.5) is 5.82 Å². The van der Waals surface area contributed by atoms with Gasteiger partial charge >= 0.3 is 0 Å². The molecule has 0 radical (unpaired) electrons. The number of carbonyl (C=O) groups is 1. The van der Waals surface area contributed by atoms with Gasteiger partial charge in [-0.15, -0.1) is 0 Å². The lowest BCUT2D eigenvalue weighted by molar-refractivity contribution is 0.0914. The van der Waals surface area contributed by atoms with Crippen molar-refractivity contribution in [1.82, 2.24) is 15.6 Å². The second-order valence-electron chi connectivity index (χ2n) is 6.47. The molecule has 2 saturated heterocycles. The van der Waals surface area contributed by atoms with Crippen molar-refractivity contribution in [3.63, 3.8) is 0 Å². The Hall–Kier alpha value is -1.62. The van der Waals surface area contributed by atoms with Gasteiger partial charge in [0.2, 0.25) is 0 Å². The van der Waals surface area contributed by atoms with E-state index in [4.69, 9.17) is 0 Å². The fourth-order valence-corrected chi connectivity index (χ4v) is 3.41. The van der Waals surface area contributed by atoms with Crippen molar-refractivity contribution in [2.45, 2.75) is 38.6 Å². The summed E-state index contributed by atoms with van der Waals surface area (Å²) in [5.74, 6) is 1.33. The first-order valence-electron chi connectivity index (χ1n) is 8.47. The van der Waals surface area contributed by atoms with Crippen LogP contribution in [0.25, 0.3) is 0 Å². The smallest absolute Gasteiger partial charge is 0.255 e. The van der Waals surface area contributed by atoms with Gasteiger partial charge in [0.1, 0.15) is 5.82 Å². The lowest BCUT2D eigenvalue weighted by atomic mass is 9.95. The number of amides is 1. The topological polar surface area (TPSA) is 57.3 Å². The molecule has 2 atom stereocenters. The van der Waals surface area contributed by atoms with Crippen molar-refractivity contribution < 1.29 is 4.79 Å². The number of rotatable bonds is 3. The minimum Gasteiger partial charge on any atom is -0.356 e. The van der Waals surface area contributed by atoms with Gasteiger partial charge < -0.3 is 15.5 Å². The SMILES string of the molecule is CC1CNCCC1NC(=O)c1cccnc1N1CCCCC1. The number of carbonyl (C=O) groups excluding carboxylic acids is 1. The number of pyridine rings is 1. The second kappa shape index (κ2) is 7.09. The molecule has 1 aromatic rings. The predicted molar refractivity (Wildman–Crippen MR) is 88.2 cm³/mol. The lowest BCUT2D eigenvalue weighted by Gasteiger charge is -2.32. The van der Waals surface area contributed by atoms with Crippen molar-refractivity contribution in [2.75, 3.05) is 31.1 Å². The first-order valence-corrected chi connectivity index (χ1v) is 8.47. The Morgan fingerprint density at radius 3 is 2.95 bits per heavy atom. The molecule has 2 aliphatic heterocycles. The van der Waals surface area contributed by atoms with Gasteiger partial charge in [-0.05, 0) is 56.8 Å². The van der Waals surface area contributed by atoms with Gasteiger partial charge in [0.15, 0.2) is 0 Å². The normalized spacial score (nSPS) is 25.8. The van der Waals surface area contributed by atoms with Gasteiger partial charge in [-0.1, -0.05) is 6.92 Å². The molecule has 1 aromatic heterocycles.